The molecule has 1 nitrogen and oxygen atoms in total. The minimum atomic E-state index is 0. The fraction of sp³-hybridized carbons (Fsp3) is 0.133. The largest absolute Gasteiger partial charge is 1.00 e. The van der Waals surface area contributed by atoms with Crippen molar-refractivity contribution in [3.05, 3.63) is 65.2 Å². The predicted molar refractivity (Wildman–Crippen MR) is 72.3 cm³/mol. The van der Waals surface area contributed by atoms with Crippen LogP contribution in [0.4, 0.5) is 0 Å². The average Bonchev–Trinajstić information content (AvgIpc) is 2.76. The summed E-state index contributed by atoms with van der Waals surface area (Å²) in [6.45, 7) is 3.07. The summed E-state index contributed by atoms with van der Waals surface area (Å²) in [6, 6.07) is 17.3. The topological polar surface area (TPSA) is 3.88 Å². The molecule has 0 N–H and O–H groups in total. The van der Waals surface area contributed by atoms with E-state index >= 15 is 0 Å². The van der Waals surface area contributed by atoms with Gasteiger partial charge in [0, 0.05) is 11.6 Å². The summed E-state index contributed by atoms with van der Waals surface area (Å²) < 4.78 is 3.66. The number of fused-ring (bicyclic) bond motifs is 1. The van der Waals surface area contributed by atoms with E-state index < -0.39 is 0 Å². The Kier molecular flexibility index (Phi) is 4.15. The molecule has 0 fully saturated rings. The van der Waals surface area contributed by atoms with Gasteiger partial charge in [0.15, 0.2) is 6.54 Å². The van der Waals surface area contributed by atoms with E-state index in [9.17, 15) is 0 Å². The van der Waals surface area contributed by atoms with Crippen LogP contribution in [0.3, 0.4) is 0 Å². The van der Waals surface area contributed by atoms with Crippen LogP contribution in [0.2, 0.25) is 0 Å². The van der Waals surface area contributed by atoms with Crippen LogP contribution >= 0.6 is 11.3 Å². The van der Waals surface area contributed by atoms with Crippen molar-refractivity contribution in [1.29, 1.82) is 0 Å². The summed E-state index contributed by atoms with van der Waals surface area (Å²) in [6.07, 6.45) is 0. The number of hydrogen-bond donors (Lipinski definition) is 0. The standard InChI is InChI=1S/C15H14NS.BrH/c1-12-6-8-13(9-7-12)10-16-11-17-15-5-3-2-4-14(15)16;/h2-9,11H,10H2,1H3;1H/q+1;/p-1. The van der Waals surface area contributed by atoms with E-state index in [1.54, 1.807) is 11.3 Å². The van der Waals surface area contributed by atoms with Gasteiger partial charge in [0.25, 0.3) is 0 Å². The van der Waals surface area contributed by atoms with Gasteiger partial charge in [-0.3, -0.25) is 0 Å². The van der Waals surface area contributed by atoms with Gasteiger partial charge in [-0.15, -0.1) is 0 Å². The van der Waals surface area contributed by atoms with Gasteiger partial charge in [0.2, 0.25) is 11.0 Å². The normalized spacial score (nSPS) is 10.3. The van der Waals surface area contributed by atoms with Gasteiger partial charge in [0.1, 0.15) is 4.70 Å². The van der Waals surface area contributed by atoms with Crippen LogP contribution in [-0.4, -0.2) is 0 Å². The minimum Gasteiger partial charge on any atom is -1.00 e. The Balaban J connectivity index is 0.00000120. The molecule has 0 amide bonds. The van der Waals surface area contributed by atoms with Gasteiger partial charge in [0.05, 0.1) is 0 Å². The molecule has 0 unspecified atom stereocenters. The fourth-order valence-electron chi connectivity index (χ4n) is 1.98. The zero-order valence-corrected chi connectivity index (χ0v) is 12.5. The zero-order chi connectivity index (χ0) is 11.7. The van der Waals surface area contributed by atoms with Gasteiger partial charge in [-0.1, -0.05) is 53.3 Å². The lowest BCUT2D eigenvalue weighted by molar-refractivity contribution is -0.658. The highest BCUT2D eigenvalue weighted by molar-refractivity contribution is 7.16. The lowest BCUT2D eigenvalue weighted by Crippen LogP contribution is -3.00. The Morgan fingerprint density at radius 3 is 2.50 bits per heavy atom. The maximum absolute atomic E-state index is 2.31. The van der Waals surface area contributed by atoms with Gasteiger partial charge >= 0.3 is 0 Å². The number of halogens is 1. The Bertz CT molecular complexity index is 643. The highest BCUT2D eigenvalue weighted by Crippen LogP contribution is 2.15. The number of benzene rings is 2. The molecule has 1 heterocycles. The predicted octanol–water partition coefficient (Wildman–Crippen LogP) is 0.550. The molecule has 3 rings (SSSR count). The molecule has 0 saturated carbocycles. The van der Waals surface area contributed by atoms with Crippen molar-refractivity contribution < 1.29 is 21.5 Å². The molecule has 0 atom stereocenters. The summed E-state index contributed by atoms with van der Waals surface area (Å²) in [5, 5.41) is 0. The van der Waals surface area contributed by atoms with Crippen LogP contribution in [0.15, 0.2) is 54.0 Å². The first-order valence-corrected chi connectivity index (χ1v) is 6.62. The van der Waals surface area contributed by atoms with Gasteiger partial charge in [-0.25, -0.2) is 0 Å². The van der Waals surface area contributed by atoms with Crippen molar-refractivity contribution in [2.75, 3.05) is 0 Å². The molecule has 3 heteroatoms. The number of thiazole rings is 1. The number of para-hydroxylation sites is 1. The highest BCUT2D eigenvalue weighted by atomic mass is 79.9. The van der Waals surface area contributed by atoms with E-state index in [4.69, 9.17) is 0 Å². The second-order valence-electron chi connectivity index (χ2n) is 4.30. The molecule has 0 saturated heterocycles. The maximum Gasteiger partial charge on any atom is 0.226 e. The van der Waals surface area contributed by atoms with Gasteiger partial charge < -0.3 is 17.0 Å². The molecule has 18 heavy (non-hydrogen) atoms. The second kappa shape index (κ2) is 5.63. The van der Waals surface area contributed by atoms with E-state index in [1.165, 1.54) is 21.3 Å². The summed E-state index contributed by atoms with van der Waals surface area (Å²) >= 11 is 1.80. The molecule has 0 aliphatic heterocycles. The quantitative estimate of drug-likeness (QED) is 0.607. The number of aromatic nitrogens is 1. The number of hydrogen-bond acceptors (Lipinski definition) is 1. The van der Waals surface area contributed by atoms with E-state index in [-0.39, 0.29) is 17.0 Å². The average molecular weight is 320 g/mol. The molecule has 2 aromatic carbocycles. The Morgan fingerprint density at radius 1 is 1.00 bits per heavy atom. The zero-order valence-electron chi connectivity index (χ0n) is 10.1. The van der Waals surface area contributed by atoms with Crippen molar-refractivity contribution in [2.24, 2.45) is 0 Å². The molecular formula is C15H14BrNS. The molecule has 0 bridgehead atoms. The third kappa shape index (κ3) is 2.62. The molecule has 1 aromatic heterocycles. The van der Waals surface area contributed by atoms with Crippen LogP contribution < -0.4 is 21.5 Å². The van der Waals surface area contributed by atoms with E-state index in [0.29, 0.717) is 0 Å². The summed E-state index contributed by atoms with van der Waals surface area (Å²) in [5.74, 6) is 0. The Morgan fingerprint density at radius 2 is 1.72 bits per heavy atom. The Labute approximate surface area is 121 Å². The summed E-state index contributed by atoms with van der Waals surface area (Å²) in [5.41, 5.74) is 6.18. The van der Waals surface area contributed by atoms with E-state index in [1.807, 2.05) is 0 Å². The minimum absolute atomic E-state index is 0. The van der Waals surface area contributed by atoms with E-state index in [2.05, 4.69) is 65.5 Å². The van der Waals surface area contributed by atoms with Crippen LogP contribution in [-0.2, 0) is 6.54 Å². The number of rotatable bonds is 2. The third-order valence-corrected chi connectivity index (χ3v) is 3.91. The molecule has 0 spiro atoms. The molecule has 92 valence electrons. The smallest absolute Gasteiger partial charge is 0.226 e. The van der Waals surface area contributed by atoms with Crippen molar-refractivity contribution in [2.45, 2.75) is 13.5 Å². The first kappa shape index (κ1) is 13.2. The molecule has 0 aliphatic rings. The van der Waals surface area contributed by atoms with Crippen molar-refractivity contribution in [3.8, 4) is 0 Å². The van der Waals surface area contributed by atoms with E-state index in [0.717, 1.165) is 6.54 Å². The molecule has 3 aromatic rings. The van der Waals surface area contributed by atoms with Gasteiger partial charge in [-0.05, 0) is 13.0 Å². The van der Waals surface area contributed by atoms with Crippen molar-refractivity contribution in [1.82, 2.24) is 0 Å². The van der Waals surface area contributed by atoms with Crippen LogP contribution in [0.1, 0.15) is 11.1 Å². The molecular weight excluding hydrogens is 306 g/mol. The lowest BCUT2D eigenvalue weighted by atomic mass is 10.1. The Hall–Kier alpha value is -1.19. The van der Waals surface area contributed by atoms with Crippen LogP contribution in [0, 0.1) is 6.92 Å². The van der Waals surface area contributed by atoms with Crippen LogP contribution in [0.25, 0.3) is 10.2 Å². The third-order valence-electron chi connectivity index (χ3n) is 2.96. The summed E-state index contributed by atoms with van der Waals surface area (Å²) in [7, 11) is 0. The van der Waals surface area contributed by atoms with Crippen LogP contribution in [0.5, 0.6) is 0 Å². The summed E-state index contributed by atoms with van der Waals surface area (Å²) in [4.78, 5) is 0. The maximum atomic E-state index is 2.31. The van der Waals surface area contributed by atoms with Gasteiger partial charge in [-0.2, -0.15) is 4.57 Å². The monoisotopic (exact) mass is 319 g/mol. The first-order valence-electron chi connectivity index (χ1n) is 5.74. The number of nitrogens with zero attached hydrogens (tertiary/aromatic N) is 1. The second-order valence-corrected chi connectivity index (χ2v) is 5.19. The molecule has 0 radical (unpaired) electrons. The van der Waals surface area contributed by atoms with Crippen molar-refractivity contribution >= 4 is 21.6 Å². The number of aryl methyl sites for hydroxylation is 1. The SMILES string of the molecule is Cc1ccc(C[n+]2csc3ccccc32)cc1.[Br-]. The first-order chi connectivity index (χ1) is 8.33. The lowest BCUT2D eigenvalue weighted by Gasteiger charge is -1.97. The molecule has 0 aliphatic carbocycles. The van der Waals surface area contributed by atoms with Crippen molar-refractivity contribution in [3.63, 3.8) is 0 Å². The fourth-order valence-corrected chi connectivity index (χ4v) is 2.88. The highest BCUT2D eigenvalue weighted by Gasteiger charge is 2.10.